The summed E-state index contributed by atoms with van der Waals surface area (Å²) in [6, 6.07) is 5.46. The van der Waals surface area contributed by atoms with Crippen LogP contribution in [0, 0.1) is 0 Å². The van der Waals surface area contributed by atoms with Crippen molar-refractivity contribution in [3.8, 4) is 11.5 Å². The SMILES string of the molecule is COc1cc(S)cc(OC)c1.[K]. The van der Waals surface area contributed by atoms with E-state index in [-0.39, 0.29) is 51.4 Å². The second-order valence-electron chi connectivity index (χ2n) is 2.07. The van der Waals surface area contributed by atoms with Crippen molar-refractivity contribution in [3.63, 3.8) is 0 Å². The molecule has 12 heavy (non-hydrogen) atoms. The quantitative estimate of drug-likeness (QED) is 0.589. The van der Waals surface area contributed by atoms with Gasteiger partial charge in [0, 0.05) is 62.3 Å². The Bertz CT molecular complexity index is 231. The summed E-state index contributed by atoms with van der Waals surface area (Å²) >= 11 is 4.17. The van der Waals surface area contributed by atoms with Gasteiger partial charge in [0.1, 0.15) is 11.5 Å². The van der Waals surface area contributed by atoms with Crippen LogP contribution in [0.15, 0.2) is 23.1 Å². The van der Waals surface area contributed by atoms with Gasteiger partial charge < -0.3 is 9.47 Å². The van der Waals surface area contributed by atoms with Crippen molar-refractivity contribution in [2.24, 2.45) is 0 Å². The van der Waals surface area contributed by atoms with Gasteiger partial charge in [-0.1, -0.05) is 0 Å². The Balaban J connectivity index is 0.00000121. The molecule has 4 heteroatoms. The number of rotatable bonds is 2. The smallest absolute Gasteiger partial charge is 0.123 e. The van der Waals surface area contributed by atoms with Gasteiger partial charge in [-0.15, -0.1) is 12.6 Å². The Morgan fingerprint density at radius 3 is 1.75 bits per heavy atom. The van der Waals surface area contributed by atoms with E-state index in [9.17, 15) is 0 Å². The maximum absolute atomic E-state index is 5.01. The van der Waals surface area contributed by atoms with Gasteiger partial charge in [0.25, 0.3) is 0 Å². The molecule has 0 aliphatic carbocycles. The van der Waals surface area contributed by atoms with Gasteiger partial charge in [0.05, 0.1) is 14.2 Å². The molecule has 0 spiro atoms. The fourth-order valence-corrected chi connectivity index (χ4v) is 1.05. The summed E-state index contributed by atoms with van der Waals surface area (Å²) in [6.45, 7) is 0. The number of hydrogen-bond donors (Lipinski definition) is 1. The van der Waals surface area contributed by atoms with E-state index in [1.165, 1.54) is 0 Å². The molecule has 61 valence electrons. The number of benzene rings is 1. The van der Waals surface area contributed by atoms with E-state index in [0.717, 1.165) is 16.4 Å². The molecule has 0 saturated carbocycles. The third kappa shape index (κ3) is 3.68. The Kier molecular flexibility index (Phi) is 6.71. The van der Waals surface area contributed by atoms with Gasteiger partial charge in [0.2, 0.25) is 0 Å². The first-order valence-electron chi connectivity index (χ1n) is 3.18. The molecule has 0 amide bonds. The van der Waals surface area contributed by atoms with Crippen LogP contribution in [0.1, 0.15) is 0 Å². The van der Waals surface area contributed by atoms with Gasteiger partial charge >= 0.3 is 0 Å². The maximum Gasteiger partial charge on any atom is 0.123 e. The molecule has 0 N–H and O–H groups in total. The molecule has 0 bridgehead atoms. The van der Waals surface area contributed by atoms with Gasteiger partial charge in [-0.3, -0.25) is 0 Å². The second-order valence-corrected chi connectivity index (χ2v) is 2.59. The van der Waals surface area contributed by atoms with Gasteiger partial charge in [-0.2, -0.15) is 0 Å². The van der Waals surface area contributed by atoms with E-state index in [1.807, 2.05) is 12.1 Å². The van der Waals surface area contributed by atoms with Crippen LogP contribution in [0.3, 0.4) is 0 Å². The van der Waals surface area contributed by atoms with Crippen LogP contribution < -0.4 is 9.47 Å². The molecule has 1 rings (SSSR count). The molecule has 1 aromatic carbocycles. The van der Waals surface area contributed by atoms with E-state index in [0.29, 0.717) is 0 Å². The van der Waals surface area contributed by atoms with Crippen molar-refractivity contribution in [1.29, 1.82) is 0 Å². The Morgan fingerprint density at radius 2 is 1.42 bits per heavy atom. The summed E-state index contributed by atoms with van der Waals surface area (Å²) in [4.78, 5) is 0.834. The summed E-state index contributed by atoms with van der Waals surface area (Å²) in [5, 5.41) is 0. The number of thiol groups is 1. The van der Waals surface area contributed by atoms with Gasteiger partial charge in [-0.05, 0) is 12.1 Å². The molecule has 1 radical (unpaired) electrons. The molecular formula is C8H10KO2S. The van der Waals surface area contributed by atoms with Crippen molar-refractivity contribution in [3.05, 3.63) is 18.2 Å². The molecule has 1 aromatic rings. The van der Waals surface area contributed by atoms with Gasteiger partial charge in [-0.25, -0.2) is 0 Å². The first-order valence-corrected chi connectivity index (χ1v) is 3.63. The van der Waals surface area contributed by atoms with Crippen molar-refractivity contribution in [1.82, 2.24) is 0 Å². The van der Waals surface area contributed by atoms with Crippen molar-refractivity contribution < 1.29 is 9.47 Å². The van der Waals surface area contributed by atoms with Crippen LogP contribution in [0.4, 0.5) is 0 Å². The Morgan fingerprint density at radius 1 is 1.00 bits per heavy atom. The number of hydrogen-bond acceptors (Lipinski definition) is 3. The number of ether oxygens (including phenoxy) is 2. The first-order chi connectivity index (χ1) is 5.26. The van der Waals surface area contributed by atoms with Crippen LogP contribution >= 0.6 is 12.6 Å². The standard InChI is InChI=1S/C8H10O2S.K/c1-9-6-3-7(10-2)5-8(11)4-6;/h3-5,11H,1-2H3;. The zero-order chi connectivity index (χ0) is 8.27. The fourth-order valence-electron chi connectivity index (χ4n) is 0.792. The predicted molar refractivity (Wildman–Crippen MR) is 52.6 cm³/mol. The monoisotopic (exact) mass is 209 g/mol. The van der Waals surface area contributed by atoms with Crippen LogP contribution in [0.5, 0.6) is 11.5 Å². The largest absolute Gasteiger partial charge is 0.497 e. The zero-order valence-corrected chi connectivity index (χ0v) is 11.5. The second kappa shape index (κ2) is 6.29. The molecule has 2 nitrogen and oxygen atoms in total. The average molecular weight is 209 g/mol. The molecule has 0 aliphatic heterocycles. The molecular weight excluding hydrogens is 199 g/mol. The summed E-state index contributed by atoms with van der Waals surface area (Å²) in [6.07, 6.45) is 0. The Labute approximate surface area is 120 Å². The molecule has 0 saturated heterocycles. The maximum atomic E-state index is 5.01. The molecule has 0 fully saturated rings. The zero-order valence-electron chi connectivity index (χ0n) is 7.50. The third-order valence-electron chi connectivity index (χ3n) is 1.34. The molecule has 0 atom stereocenters. The predicted octanol–water partition coefficient (Wildman–Crippen LogP) is 1.61. The van der Waals surface area contributed by atoms with E-state index >= 15 is 0 Å². The van der Waals surface area contributed by atoms with E-state index < -0.39 is 0 Å². The minimum atomic E-state index is 0. The van der Waals surface area contributed by atoms with Crippen molar-refractivity contribution in [2.75, 3.05) is 14.2 Å². The van der Waals surface area contributed by atoms with Crippen molar-refractivity contribution in [2.45, 2.75) is 4.90 Å². The minimum Gasteiger partial charge on any atom is -0.497 e. The van der Waals surface area contributed by atoms with Crippen LogP contribution in [-0.2, 0) is 0 Å². The summed E-state index contributed by atoms with van der Waals surface area (Å²) in [5.74, 6) is 1.52. The summed E-state index contributed by atoms with van der Waals surface area (Å²) < 4.78 is 10.0. The first kappa shape index (κ1) is 12.8. The van der Waals surface area contributed by atoms with Crippen LogP contribution in [-0.4, -0.2) is 65.6 Å². The molecule has 0 heterocycles. The van der Waals surface area contributed by atoms with Gasteiger partial charge in [0.15, 0.2) is 0 Å². The summed E-state index contributed by atoms with van der Waals surface area (Å²) in [7, 11) is 3.23. The van der Waals surface area contributed by atoms with E-state index in [1.54, 1.807) is 20.3 Å². The molecule has 0 aromatic heterocycles. The molecule has 0 unspecified atom stereocenters. The third-order valence-corrected chi connectivity index (χ3v) is 1.59. The topological polar surface area (TPSA) is 18.5 Å². The number of methoxy groups -OCH3 is 2. The Hall–Kier alpha value is 0.806. The van der Waals surface area contributed by atoms with Crippen molar-refractivity contribution >= 4 is 64.0 Å². The van der Waals surface area contributed by atoms with E-state index in [2.05, 4.69) is 12.6 Å². The fraction of sp³-hybridized carbons (Fsp3) is 0.250. The van der Waals surface area contributed by atoms with E-state index in [4.69, 9.17) is 9.47 Å². The minimum absolute atomic E-state index is 0. The van der Waals surface area contributed by atoms with Crippen LogP contribution in [0.2, 0.25) is 0 Å². The normalized spacial score (nSPS) is 8.58. The van der Waals surface area contributed by atoms with Crippen LogP contribution in [0.25, 0.3) is 0 Å². The summed E-state index contributed by atoms with van der Waals surface area (Å²) in [5.41, 5.74) is 0. The molecule has 0 aliphatic rings. The average Bonchev–Trinajstić information content (AvgIpc) is 2.03.